The van der Waals surface area contributed by atoms with Crippen LogP contribution in [0, 0.1) is 0 Å². The summed E-state index contributed by atoms with van der Waals surface area (Å²) >= 11 is 0. The quantitative estimate of drug-likeness (QED) is 0.331. The first-order chi connectivity index (χ1) is 16.8. The summed E-state index contributed by atoms with van der Waals surface area (Å²) < 4.78 is 18.1. The van der Waals surface area contributed by atoms with Gasteiger partial charge in [0.25, 0.3) is 0 Å². The number of benzene rings is 3. The summed E-state index contributed by atoms with van der Waals surface area (Å²) in [6.07, 6.45) is 0. The van der Waals surface area contributed by atoms with Crippen molar-refractivity contribution in [3.05, 3.63) is 83.9 Å². The Labute approximate surface area is 205 Å². The van der Waals surface area contributed by atoms with Crippen LogP contribution in [0.25, 0.3) is 33.4 Å². The van der Waals surface area contributed by atoms with Crippen molar-refractivity contribution in [2.45, 2.75) is 38.8 Å². The lowest BCUT2D eigenvalue weighted by Crippen LogP contribution is -2.17. The first-order valence-electron chi connectivity index (χ1n) is 12.0. The smallest absolute Gasteiger partial charge is 0.216 e. The van der Waals surface area contributed by atoms with Crippen molar-refractivity contribution in [1.82, 2.24) is 0 Å². The average molecular weight is 465 g/mol. The minimum absolute atomic E-state index is 0.178. The van der Waals surface area contributed by atoms with E-state index in [9.17, 15) is 0 Å². The lowest BCUT2D eigenvalue weighted by molar-refractivity contribution is 0.279. The maximum atomic E-state index is 6.51. The van der Waals surface area contributed by atoms with Gasteiger partial charge < -0.3 is 13.9 Å². The van der Waals surface area contributed by atoms with Gasteiger partial charge in [0.2, 0.25) is 11.8 Å². The third-order valence-electron chi connectivity index (χ3n) is 6.34. The second-order valence-corrected chi connectivity index (χ2v) is 10.5. The molecule has 0 aliphatic carbocycles. The molecule has 3 aromatic carbocycles. The topological polar surface area (TPSA) is 56.3 Å². The van der Waals surface area contributed by atoms with Gasteiger partial charge in [0.15, 0.2) is 0 Å². The summed E-state index contributed by atoms with van der Waals surface area (Å²) in [6.45, 7) is 9.51. The van der Waals surface area contributed by atoms with Gasteiger partial charge >= 0.3 is 0 Å². The van der Waals surface area contributed by atoms with Crippen LogP contribution in [0.4, 0.5) is 0 Å². The molecule has 35 heavy (non-hydrogen) atoms. The number of aliphatic imine (C=N–C) groups is 2. The van der Waals surface area contributed by atoms with Crippen molar-refractivity contribution in [2.24, 2.45) is 9.98 Å². The molecular weight excluding hydrogens is 436 g/mol. The van der Waals surface area contributed by atoms with Crippen LogP contribution in [-0.4, -0.2) is 36.1 Å². The predicted octanol–water partition coefficient (Wildman–Crippen LogP) is 6.88. The van der Waals surface area contributed by atoms with Crippen LogP contribution in [0.2, 0.25) is 0 Å². The molecule has 0 N–H and O–H groups in total. The minimum Gasteiger partial charge on any atom is -0.475 e. The summed E-state index contributed by atoms with van der Waals surface area (Å²) in [5, 5.41) is 2.17. The highest BCUT2D eigenvalue weighted by Crippen LogP contribution is 2.39. The fourth-order valence-electron chi connectivity index (χ4n) is 4.51. The summed E-state index contributed by atoms with van der Waals surface area (Å²) in [7, 11) is 0. The van der Waals surface area contributed by atoms with Crippen LogP contribution in [-0.2, 0) is 9.47 Å². The largest absolute Gasteiger partial charge is 0.475 e. The van der Waals surface area contributed by atoms with Crippen LogP contribution in [0.1, 0.15) is 38.8 Å². The average Bonchev–Trinajstić information content (AvgIpc) is 3.53. The van der Waals surface area contributed by atoms with Crippen LogP contribution >= 0.6 is 0 Å². The van der Waals surface area contributed by atoms with Crippen LogP contribution < -0.4 is 0 Å². The third-order valence-corrected chi connectivity index (χ3v) is 6.34. The molecule has 0 spiro atoms. The minimum atomic E-state index is -0.178. The van der Waals surface area contributed by atoms with E-state index in [1.165, 1.54) is 0 Å². The number of furan rings is 1. The monoisotopic (exact) mass is 464 g/mol. The Morgan fingerprint density at radius 2 is 0.914 bits per heavy atom. The molecule has 2 aliphatic rings. The molecule has 6 rings (SSSR count). The van der Waals surface area contributed by atoms with Crippen LogP contribution in [0.5, 0.6) is 0 Å². The molecule has 0 radical (unpaired) electrons. The first kappa shape index (κ1) is 21.7. The number of rotatable bonds is 4. The molecule has 1 aromatic heterocycles. The van der Waals surface area contributed by atoms with Crippen LogP contribution in [0.3, 0.4) is 0 Å². The number of hydrogen-bond acceptors (Lipinski definition) is 5. The van der Waals surface area contributed by atoms with Gasteiger partial charge in [-0.05, 0) is 52.0 Å². The van der Waals surface area contributed by atoms with Gasteiger partial charge in [-0.1, -0.05) is 48.5 Å². The number of nitrogens with zero attached hydrogens (tertiary/aromatic N) is 2. The van der Waals surface area contributed by atoms with Crippen molar-refractivity contribution in [3.63, 3.8) is 0 Å². The molecule has 0 unspecified atom stereocenters. The van der Waals surface area contributed by atoms with Gasteiger partial charge in [0, 0.05) is 33.0 Å². The van der Waals surface area contributed by atoms with Gasteiger partial charge in [0.05, 0.1) is 11.1 Å². The van der Waals surface area contributed by atoms with Gasteiger partial charge in [-0.2, -0.15) is 0 Å². The normalized spacial score (nSPS) is 18.2. The molecule has 4 aromatic rings. The summed E-state index contributed by atoms with van der Waals surface area (Å²) in [5.74, 6) is 3.11. The highest BCUT2D eigenvalue weighted by atomic mass is 16.5. The zero-order valence-corrected chi connectivity index (χ0v) is 20.5. The molecule has 0 saturated heterocycles. The molecule has 2 aliphatic heterocycles. The molecule has 0 bridgehead atoms. The molecule has 0 fully saturated rings. The number of fused-ring (bicyclic) bond motifs is 1. The highest BCUT2D eigenvalue weighted by Gasteiger charge is 2.28. The molecule has 0 saturated carbocycles. The Hall–Kier alpha value is -3.86. The Morgan fingerprint density at radius 1 is 0.543 bits per heavy atom. The van der Waals surface area contributed by atoms with E-state index in [0.717, 1.165) is 44.5 Å². The molecule has 176 valence electrons. The van der Waals surface area contributed by atoms with Gasteiger partial charge in [-0.3, -0.25) is 0 Å². The van der Waals surface area contributed by atoms with E-state index in [1.54, 1.807) is 0 Å². The lowest BCUT2D eigenvalue weighted by Gasteiger charge is -2.07. The Morgan fingerprint density at radius 3 is 1.26 bits per heavy atom. The van der Waals surface area contributed by atoms with E-state index in [0.29, 0.717) is 25.0 Å². The van der Waals surface area contributed by atoms with Crippen molar-refractivity contribution in [2.75, 3.05) is 13.2 Å². The van der Waals surface area contributed by atoms with Gasteiger partial charge in [-0.15, -0.1) is 0 Å². The van der Waals surface area contributed by atoms with E-state index >= 15 is 0 Å². The highest BCUT2D eigenvalue weighted by molar-refractivity contribution is 6.03. The summed E-state index contributed by atoms with van der Waals surface area (Å²) in [4.78, 5) is 9.37. The van der Waals surface area contributed by atoms with Gasteiger partial charge in [0.1, 0.15) is 24.7 Å². The van der Waals surface area contributed by atoms with Crippen molar-refractivity contribution in [1.29, 1.82) is 0 Å². The van der Waals surface area contributed by atoms with E-state index in [-0.39, 0.29) is 11.1 Å². The summed E-state index contributed by atoms with van der Waals surface area (Å²) in [5.41, 5.74) is 3.63. The number of hydrogen-bond donors (Lipinski definition) is 0. The molecule has 5 heteroatoms. The van der Waals surface area contributed by atoms with Crippen LogP contribution in [0.15, 0.2) is 87.2 Å². The maximum absolute atomic E-state index is 6.51. The molecule has 3 heterocycles. The molecular formula is C30H28N2O3. The molecule has 5 nitrogen and oxygen atoms in total. The van der Waals surface area contributed by atoms with E-state index in [2.05, 4.69) is 74.1 Å². The van der Waals surface area contributed by atoms with Crippen molar-refractivity contribution >= 4 is 22.6 Å². The first-order valence-corrected chi connectivity index (χ1v) is 12.0. The third kappa shape index (κ3) is 4.01. The second-order valence-electron chi connectivity index (χ2n) is 10.5. The fourth-order valence-corrected chi connectivity index (χ4v) is 4.51. The zero-order valence-electron chi connectivity index (χ0n) is 20.5. The van der Waals surface area contributed by atoms with Crippen molar-refractivity contribution < 1.29 is 13.9 Å². The van der Waals surface area contributed by atoms with E-state index < -0.39 is 0 Å². The Balaban J connectivity index is 1.35. The van der Waals surface area contributed by atoms with E-state index in [1.807, 2.05) is 36.4 Å². The lowest BCUT2D eigenvalue weighted by atomic mass is 10.0. The second kappa shape index (κ2) is 7.84. The Bertz CT molecular complexity index is 1360. The zero-order chi connectivity index (χ0) is 24.2. The molecule has 0 atom stereocenters. The molecule has 0 amide bonds. The maximum Gasteiger partial charge on any atom is 0.216 e. The Kier molecular flexibility index (Phi) is 4.85. The number of ether oxygens (including phenoxy) is 2. The van der Waals surface area contributed by atoms with Crippen molar-refractivity contribution in [3.8, 4) is 22.6 Å². The van der Waals surface area contributed by atoms with E-state index in [4.69, 9.17) is 13.9 Å². The SMILES string of the molecule is CC1(C)COC(c2ccc(-c3oc(-c4ccc(C5=NC(C)(C)CO5)cc4)c4ccccc34)cc2)=N1. The predicted molar refractivity (Wildman–Crippen MR) is 140 cm³/mol. The summed E-state index contributed by atoms with van der Waals surface area (Å²) in [6, 6.07) is 24.8. The standard InChI is InChI=1S/C30H28N2O3/c1-29(2)17-33-27(31-29)21-13-9-19(10-14-21)25-23-7-5-6-8-24(23)26(35-25)20-11-15-22(16-12-20)28-32-30(3,4)18-34-28/h5-16H,17-18H2,1-4H3. The van der Waals surface area contributed by atoms with Gasteiger partial charge in [-0.25, -0.2) is 9.98 Å². The fraction of sp³-hybridized carbons (Fsp3) is 0.267.